The third kappa shape index (κ3) is 2.54. The average Bonchev–Trinajstić information content (AvgIpc) is 2.92. The van der Waals surface area contributed by atoms with Gasteiger partial charge >= 0.3 is 0 Å². The number of hydrogen-bond donors (Lipinski definition) is 1. The number of carbonyl (C=O) groups is 1. The summed E-state index contributed by atoms with van der Waals surface area (Å²) in [6.45, 7) is 1.94. The average molecular weight is 272 g/mol. The second-order valence-corrected chi connectivity index (χ2v) is 7.93. The molecule has 0 unspecified atom stereocenters. The molecule has 0 aromatic carbocycles. The Balaban J connectivity index is 1.70. The Morgan fingerprint density at radius 1 is 1.11 bits per heavy atom. The molecule has 3 fully saturated rings. The minimum atomic E-state index is -2.99. The van der Waals surface area contributed by atoms with E-state index in [0.29, 0.717) is 0 Å². The highest BCUT2D eigenvalue weighted by Crippen LogP contribution is 2.30. The predicted molar refractivity (Wildman–Crippen MR) is 67.9 cm³/mol. The molecule has 0 aromatic rings. The van der Waals surface area contributed by atoms with Crippen molar-refractivity contribution < 1.29 is 13.2 Å². The van der Waals surface area contributed by atoms with Crippen LogP contribution in [0.15, 0.2) is 0 Å². The molecule has 0 bridgehead atoms. The molecule has 1 N–H and O–H groups in total. The van der Waals surface area contributed by atoms with Crippen LogP contribution in [0, 0.1) is 5.92 Å². The summed E-state index contributed by atoms with van der Waals surface area (Å²) in [7, 11) is -2.99. The summed E-state index contributed by atoms with van der Waals surface area (Å²) >= 11 is 0. The zero-order valence-electron chi connectivity index (χ0n) is 10.5. The molecule has 102 valence electrons. The number of sulfone groups is 1. The molecule has 2 saturated heterocycles. The molecule has 1 amide bonds. The van der Waals surface area contributed by atoms with E-state index in [4.69, 9.17) is 0 Å². The molecule has 2 atom stereocenters. The van der Waals surface area contributed by atoms with E-state index in [1.165, 1.54) is 0 Å². The van der Waals surface area contributed by atoms with Crippen molar-refractivity contribution in [2.24, 2.45) is 5.92 Å². The fraction of sp³-hybridized carbons (Fsp3) is 0.917. The van der Waals surface area contributed by atoms with Gasteiger partial charge in [0.1, 0.15) is 0 Å². The maximum Gasteiger partial charge on any atom is 0.223 e. The SMILES string of the molecule is O=C(N[C@@H]1CS(=O)(=O)C[C@@H]1N1CCCC1)C1CC1. The number of nitrogens with one attached hydrogen (secondary N) is 1. The zero-order valence-corrected chi connectivity index (χ0v) is 11.3. The summed E-state index contributed by atoms with van der Waals surface area (Å²) in [5, 5.41) is 2.96. The molecule has 2 heterocycles. The first-order valence-electron chi connectivity index (χ1n) is 6.80. The minimum Gasteiger partial charge on any atom is -0.350 e. The normalized spacial score (nSPS) is 35.8. The van der Waals surface area contributed by atoms with Gasteiger partial charge in [-0.2, -0.15) is 0 Å². The minimum absolute atomic E-state index is 0.000185. The first kappa shape index (κ1) is 12.4. The standard InChI is InChI=1S/C12H20N2O3S/c15-12(9-3-4-9)13-10-7-18(16,17)8-11(10)14-5-1-2-6-14/h9-11H,1-8H2,(H,13,15)/t10-,11+/m1/s1. The van der Waals surface area contributed by atoms with Crippen LogP contribution in [-0.2, 0) is 14.6 Å². The van der Waals surface area contributed by atoms with E-state index in [-0.39, 0.29) is 35.4 Å². The van der Waals surface area contributed by atoms with Crippen molar-refractivity contribution >= 4 is 15.7 Å². The van der Waals surface area contributed by atoms with Gasteiger partial charge in [0.25, 0.3) is 0 Å². The van der Waals surface area contributed by atoms with Crippen LogP contribution in [0.1, 0.15) is 25.7 Å². The summed E-state index contributed by atoms with van der Waals surface area (Å²) < 4.78 is 23.6. The second-order valence-electron chi connectivity index (χ2n) is 5.78. The summed E-state index contributed by atoms with van der Waals surface area (Å²) in [5.74, 6) is 0.531. The summed E-state index contributed by atoms with van der Waals surface area (Å²) in [6, 6.07) is -0.193. The van der Waals surface area contributed by atoms with Crippen molar-refractivity contribution in [3.8, 4) is 0 Å². The van der Waals surface area contributed by atoms with Gasteiger partial charge in [0.05, 0.1) is 17.5 Å². The smallest absolute Gasteiger partial charge is 0.223 e. The molecule has 2 aliphatic heterocycles. The van der Waals surface area contributed by atoms with Gasteiger partial charge in [-0.3, -0.25) is 9.69 Å². The molecule has 1 aliphatic carbocycles. The zero-order chi connectivity index (χ0) is 12.8. The predicted octanol–water partition coefficient (Wildman–Crippen LogP) is -0.226. The van der Waals surface area contributed by atoms with Crippen molar-refractivity contribution in [3.05, 3.63) is 0 Å². The molecule has 0 aromatic heterocycles. The van der Waals surface area contributed by atoms with Gasteiger partial charge in [-0.05, 0) is 38.8 Å². The van der Waals surface area contributed by atoms with Gasteiger partial charge in [0.2, 0.25) is 5.91 Å². The van der Waals surface area contributed by atoms with Crippen LogP contribution < -0.4 is 5.32 Å². The van der Waals surface area contributed by atoms with E-state index >= 15 is 0 Å². The Hall–Kier alpha value is -0.620. The molecule has 3 rings (SSSR count). The van der Waals surface area contributed by atoms with Gasteiger partial charge in [-0.25, -0.2) is 8.42 Å². The number of likely N-dealkylation sites (tertiary alicyclic amines) is 1. The largest absolute Gasteiger partial charge is 0.350 e. The first-order valence-corrected chi connectivity index (χ1v) is 8.62. The Morgan fingerprint density at radius 3 is 2.39 bits per heavy atom. The molecule has 6 heteroatoms. The number of nitrogens with zero attached hydrogens (tertiary/aromatic N) is 1. The number of carbonyl (C=O) groups excluding carboxylic acids is 1. The third-order valence-electron chi connectivity index (χ3n) is 4.21. The van der Waals surface area contributed by atoms with Gasteiger partial charge in [0.15, 0.2) is 9.84 Å². The number of rotatable bonds is 3. The highest BCUT2D eigenvalue weighted by Gasteiger charge is 2.43. The Bertz CT molecular complexity index is 438. The quantitative estimate of drug-likeness (QED) is 0.771. The van der Waals surface area contributed by atoms with E-state index in [2.05, 4.69) is 10.2 Å². The van der Waals surface area contributed by atoms with Crippen LogP contribution in [0.25, 0.3) is 0 Å². The van der Waals surface area contributed by atoms with Crippen LogP contribution in [-0.4, -0.2) is 55.9 Å². The molecule has 18 heavy (non-hydrogen) atoms. The molecule has 0 radical (unpaired) electrons. The summed E-state index contributed by atoms with van der Waals surface area (Å²) in [6.07, 6.45) is 4.19. The molecule has 3 aliphatic rings. The van der Waals surface area contributed by atoms with Crippen molar-refractivity contribution in [2.75, 3.05) is 24.6 Å². The van der Waals surface area contributed by atoms with E-state index < -0.39 is 9.84 Å². The fourth-order valence-electron chi connectivity index (χ4n) is 3.05. The van der Waals surface area contributed by atoms with Crippen molar-refractivity contribution in [1.82, 2.24) is 10.2 Å². The van der Waals surface area contributed by atoms with Crippen LogP contribution >= 0.6 is 0 Å². The highest BCUT2D eigenvalue weighted by molar-refractivity contribution is 7.91. The van der Waals surface area contributed by atoms with Gasteiger partial charge in [-0.15, -0.1) is 0 Å². The van der Waals surface area contributed by atoms with E-state index in [1.807, 2.05) is 0 Å². The van der Waals surface area contributed by atoms with Crippen LogP contribution in [0.3, 0.4) is 0 Å². The number of hydrogen-bond acceptors (Lipinski definition) is 4. The monoisotopic (exact) mass is 272 g/mol. The van der Waals surface area contributed by atoms with Crippen molar-refractivity contribution in [3.63, 3.8) is 0 Å². The van der Waals surface area contributed by atoms with Gasteiger partial charge in [-0.1, -0.05) is 0 Å². The lowest BCUT2D eigenvalue weighted by Gasteiger charge is -2.28. The molecule has 0 spiro atoms. The van der Waals surface area contributed by atoms with Crippen molar-refractivity contribution in [1.29, 1.82) is 0 Å². The van der Waals surface area contributed by atoms with Crippen LogP contribution in [0.4, 0.5) is 0 Å². The lowest BCUT2D eigenvalue weighted by molar-refractivity contribution is -0.123. The first-order chi connectivity index (χ1) is 8.55. The van der Waals surface area contributed by atoms with Gasteiger partial charge < -0.3 is 5.32 Å². The topological polar surface area (TPSA) is 66.5 Å². The summed E-state index contributed by atoms with van der Waals surface area (Å²) in [5.41, 5.74) is 0. The lowest BCUT2D eigenvalue weighted by atomic mass is 10.1. The van der Waals surface area contributed by atoms with Crippen LogP contribution in [0.5, 0.6) is 0 Å². The highest BCUT2D eigenvalue weighted by atomic mass is 32.2. The third-order valence-corrected chi connectivity index (χ3v) is 5.92. The molecule has 1 saturated carbocycles. The Morgan fingerprint density at radius 2 is 1.78 bits per heavy atom. The maximum absolute atomic E-state index is 11.8. The van der Waals surface area contributed by atoms with E-state index in [0.717, 1.165) is 38.8 Å². The Labute approximate surface area is 108 Å². The number of amides is 1. The second kappa shape index (κ2) is 4.49. The summed E-state index contributed by atoms with van der Waals surface area (Å²) in [4.78, 5) is 14.0. The molecular formula is C12H20N2O3S. The maximum atomic E-state index is 11.8. The molecular weight excluding hydrogens is 252 g/mol. The van der Waals surface area contributed by atoms with E-state index in [1.54, 1.807) is 0 Å². The fourth-order valence-corrected chi connectivity index (χ4v) is 5.00. The molecule has 5 nitrogen and oxygen atoms in total. The lowest BCUT2D eigenvalue weighted by Crippen LogP contribution is -2.50. The van der Waals surface area contributed by atoms with Crippen LogP contribution in [0.2, 0.25) is 0 Å². The van der Waals surface area contributed by atoms with Crippen molar-refractivity contribution in [2.45, 2.75) is 37.8 Å². The van der Waals surface area contributed by atoms with E-state index in [9.17, 15) is 13.2 Å². The van der Waals surface area contributed by atoms with Gasteiger partial charge in [0, 0.05) is 12.0 Å². The Kier molecular flexibility index (Phi) is 3.10.